The topological polar surface area (TPSA) is 135 Å². The minimum Gasteiger partial charge on any atom is -0.457 e. The summed E-state index contributed by atoms with van der Waals surface area (Å²) in [6, 6.07) is 0. The van der Waals surface area contributed by atoms with E-state index in [1.807, 2.05) is 0 Å². The molecule has 1 heterocycles. The van der Waals surface area contributed by atoms with E-state index in [0.717, 1.165) is 116 Å². The van der Waals surface area contributed by atoms with Crippen molar-refractivity contribution in [2.75, 3.05) is 26.4 Å². The molecule has 9 nitrogen and oxygen atoms in total. The summed E-state index contributed by atoms with van der Waals surface area (Å²) in [5.74, 6) is -0.350. The Morgan fingerprint density at radius 2 is 1.02 bits per heavy atom. The van der Waals surface area contributed by atoms with Gasteiger partial charge in [0.25, 0.3) is 0 Å². The van der Waals surface area contributed by atoms with Gasteiger partial charge < -0.3 is 39.4 Å². The first-order valence-corrected chi connectivity index (χ1v) is 23.0. The summed E-state index contributed by atoms with van der Waals surface area (Å²) < 4.78 is 22.7. The highest BCUT2D eigenvalue weighted by molar-refractivity contribution is 5.69. The molecule has 6 unspecified atom stereocenters. The first kappa shape index (κ1) is 54.9. The molecule has 9 heteroatoms. The van der Waals surface area contributed by atoms with E-state index in [4.69, 9.17) is 18.9 Å². The highest BCUT2D eigenvalue weighted by Gasteiger charge is 2.44. The summed E-state index contributed by atoms with van der Waals surface area (Å²) in [6.45, 7) is 4.22. The number of rotatable bonds is 37. The van der Waals surface area contributed by atoms with Crippen LogP contribution < -0.4 is 0 Å². The van der Waals surface area contributed by atoms with Crippen molar-refractivity contribution < 1.29 is 44.2 Å². The van der Waals surface area contributed by atoms with Crippen molar-refractivity contribution in [3.63, 3.8) is 0 Å². The molecule has 0 amide bonds. The summed E-state index contributed by atoms with van der Waals surface area (Å²) in [5.41, 5.74) is 0. The van der Waals surface area contributed by atoms with Crippen molar-refractivity contribution >= 4 is 5.97 Å². The second-order valence-electron chi connectivity index (χ2n) is 15.1. The zero-order valence-corrected chi connectivity index (χ0v) is 37.2. The third kappa shape index (κ3) is 31.7. The van der Waals surface area contributed by atoms with Crippen LogP contribution in [0.2, 0.25) is 0 Å². The Balaban J connectivity index is 2.30. The molecule has 1 aliphatic heterocycles. The lowest BCUT2D eigenvalue weighted by molar-refractivity contribution is -0.305. The Labute approximate surface area is 364 Å². The highest BCUT2D eigenvalue weighted by atomic mass is 16.7. The summed E-state index contributed by atoms with van der Waals surface area (Å²) >= 11 is 0. The fourth-order valence-corrected chi connectivity index (χ4v) is 6.10. The van der Waals surface area contributed by atoms with Crippen molar-refractivity contribution in [1.82, 2.24) is 0 Å². The van der Waals surface area contributed by atoms with Gasteiger partial charge in [-0.2, -0.15) is 0 Å². The van der Waals surface area contributed by atoms with E-state index >= 15 is 0 Å². The van der Waals surface area contributed by atoms with Gasteiger partial charge in [-0.3, -0.25) is 4.79 Å². The number of ether oxygens (including phenoxy) is 4. The van der Waals surface area contributed by atoms with E-state index < -0.39 is 43.4 Å². The van der Waals surface area contributed by atoms with Gasteiger partial charge in [-0.05, 0) is 96.3 Å². The molecular weight excluding hydrogens is 757 g/mol. The first-order chi connectivity index (χ1) is 29.4. The van der Waals surface area contributed by atoms with Gasteiger partial charge in [-0.25, -0.2) is 0 Å². The number of unbranched alkanes of at least 4 members (excludes halogenated alkanes) is 8. The van der Waals surface area contributed by atoms with Gasteiger partial charge in [0, 0.05) is 13.0 Å². The SMILES string of the molecule is CC/C=C\C/C=C\C/C=C\C/C=C\C/C=C\C/C=C\C/C=C\CCCCOCC(COC1OC(CO)C(O)C(O)C1O)OC(=O)CCCCCCC/C=C\C/C=C\CCC. The third-order valence-electron chi connectivity index (χ3n) is 9.65. The molecule has 0 saturated carbocycles. The number of hydrogen-bond donors (Lipinski definition) is 4. The number of aliphatic hydroxyl groups is 4. The third-order valence-corrected chi connectivity index (χ3v) is 9.65. The molecule has 6 atom stereocenters. The van der Waals surface area contributed by atoms with Crippen LogP contribution in [0.15, 0.2) is 109 Å². The van der Waals surface area contributed by atoms with Crippen LogP contribution in [-0.2, 0) is 23.7 Å². The smallest absolute Gasteiger partial charge is 0.306 e. The minimum atomic E-state index is -1.55. The van der Waals surface area contributed by atoms with Gasteiger partial charge in [0.05, 0.1) is 19.8 Å². The van der Waals surface area contributed by atoms with E-state index in [0.29, 0.717) is 6.61 Å². The van der Waals surface area contributed by atoms with Crippen molar-refractivity contribution in [2.24, 2.45) is 0 Å². The second kappa shape index (κ2) is 41.2. The average molecular weight is 839 g/mol. The molecule has 0 aromatic rings. The van der Waals surface area contributed by atoms with E-state index in [-0.39, 0.29) is 25.6 Å². The van der Waals surface area contributed by atoms with Crippen molar-refractivity contribution in [2.45, 2.75) is 179 Å². The van der Waals surface area contributed by atoms with Crippen LogP contribution in [0, 0.1) is 0 Å². The quantitative estimate of drug-likeness (QED) is 0.0274. The van der Waals surface area contributed by atoms with Crippen LogP contribution in [-0.4, -0.2) is 89.6 Å². The lowest BCUT2D eigenvalue weighted by Crippen LogP contribution is -2.59. The molecule has 1 saturated heterocycles. The number of allylic oxidation sites excluding steroid dienone is 18. The highest BCUT2D eigenvalue weighted by Crippen LogP contribution is 2.22. The molecule has 0 spiro atoms. The van der Waals surface area contributed by atoms with Crippen LogP contribution in [0.5, 0.6) is 0 Å². The maximum Gasteiger partial charge on any atom is 0.306 e. The molecule has 1 rings (SSSR count). The fraction of sp³-hybridized carbons (Fsp3) is 0.627. The molecule has 0 aliphatic carbocycles. The number of carbonyl (C=O) groups is 1. The summed E-state index contributed by atoms with van der Waals surface area (Å²) in [7, 11) is 0. The number of esters is 1. The van der Waals surface area contributed by atoms with Crippen LogP contribution >= 0.6 is 0 Å². The predicted molar refractivity (Wildman–Crippen MR) is 246 cm³/mol. The van der Waals surface area contributed by atoms with Gasteiger partial charge in [0.1, 0.15) is 30.5 Å². The van der Waals surface area contributed by atoms with Crippen LogP contribution in [0.25, 0.3) is 0 Å². The van der Waals surface area contributed by atoms with Gasteiger partial charge in [0.2, 0.25) is 0 Å². The predicted octanol–water partition coefficient (Wildman–Crippen LogP) is 10.6. The maximum atomic E-state index is 12.8. The Morgan fingerprint density at radius 1 is 0.550 bits per heavy atom. The van der Waals surface area contributed by atoms with E-state index in [1.54, 1.807) is 0 Å². The monoisotopic (exact) mass is 839 g/mol. The lowest BCUT2D eigenvalue weighted by Gasteiger charge is -2.39. The van der Waals surface area contributed by atoms with Gasteiger partial charge in [-0.1, -0.05) is 149 Å². The Bertz CT molecular complexity index is 1270. The summed E-state index contributed by atoms with van der Waals surface area (Å²) in [4.78, 5) is 12.8. The molecule has 4 N–H and O–H groups in total. The zero-order valence-electron chi connectivity index (χ0n) is 37.2. The second-order valence-corrected chi connectivity index (χ2v) is 15.1. The number of carbonyl (C=O) groups excluding carboxylic acids is 1. The van der Waals surface area contributed by atoms with Crippen molar-refractivity contribution in [1.29, 1.82) is 0 Å². The molecule has 1 fully saturated rings. The summed E-state index contributed by atoms with van der Waals surface area (Å²) in [6.07, 6.45) is 51.2. The Kier molecular flexibility index (Phi) is 37.7. The fourth-order valence-electron chi connectivity index (χ4n) is 6.10. The molecule has 0 bridgehead atoms. The lowest BCUT2D eigenvalue weighted by atomic mass is 9.99. The normalized spacial score (nSPS) is 21.1. The van der Waals surface area contributed by atoms with Gasteiger partial charge in [-0.15, -0.1) is 0 Å². The summed E-state index contributed by atoms with van der Waals surface area (Å²) in [5, 5.41) is 40.1. The van der Waals surface area contributed by atoms with Gasteiger partial charge in [0.15, 0.2) is 6.29 Å². The van der Waals surface area contributed by atoms with E-state index in [9.17, 15) is 25.2 Å². The van der Waals surface area contributed by atoms with Crippen molar-refractivity contribution in [3.05, 3.63) is 109 Å². The van der Waals surface area contributed by atoms with Crippen LogP contribution in [0.3, 0.4) is 0 Å². The average Bonchev–Trinajstić information content (AvgIpc) is 3.25. The standard InChI is InChI=1S/C51H82O9/c1-3-5-7-9-11-13-15-17-18-19-20-21-22-23-24-25-26-27-29-31-33-35-37-39-41-57-43-45(44-58-51-50(56)49(55)48(54)46(42-52)60-51)59-47(53)40-38-36-34-32-30-28-16-14-12-10-8-6-4-2/h5,7-8,10-11,13-14,16-18,20-21,23-24,26-27,31,33,45-46,48-52,54-56H,3-4,6,9,12,15,19,22,25,28-30,32,34-44H2,1-2H3/b7-5-,10-8-,13-11-,16-14-,18-17-,21-20-,24-23-,27-26-,33-31-. The van der Waals surface area contributed by atoms with E-state index in [1.165, 1.54) is 6.42 Å². The Hall–Kier alpha value is -3.15. The molecule has 0 radical (unpaired) electrons. The number of hydrogen-bond acceptors (Lipinski definition) is 9. The van der Waals surface area contributed by atoms with Crippen molar-refractivity contribution in [3.8, 4) is 0 Å². The largest absolute Gasteiger partial charge is 0.457 e. The maximum absolute atomic E-state index is 12.8. The minimum absolute atomic E-state index is 0.101. The molecule has 1 aliphatic rings. The molecule has 60 heavy (non-hydrogen) atoms. The van der Waals surface area contributed by atoms with E-state index in [2.05, 4.69) is 123 Å². The van der Waals surface area contributed by atoms with Crippen LogP contribution in [0.4, 0.5) is 0 Å². The molecule has 0 aromatic carbocycles. The molecule has 0 aromatic heterocycles. The van der Waals surface area contributed by atoms with Gasteiger partial charge >= 0.3 is 5.97 Å². The molecular formula is C51H82O9. The van der Waals surface area contributed by atoms with Crippen LogP contribution in [0.1, 0.15) is 142 Å². The first-order valence-electron chi connectivity index (χ1n) is 23.0. The zero-order chi connectivity index (χ0) is 43.6. The molecule has 340 valence electrons. The number of aliphatic hydroxyl groups excluding tert-OH is 4. The Morgan fingerprint density at radius 3 is 1.53 bits per heavy atom.